The molecular formula is C24H25N3S. The second-order valence-electron chi connectivity index (χ2n) is 7.44. The van der Waals surface area contributed by atoms with E-state index in [1.54, 1.807) is 0 Å². The third kappa shape index (κ3) is 3.40. The number of hydrogen-bond acceptors (Lipinski definition) is 2. The van der Waals surface area contributed by atoms with Gasteiger partial charge in [0.25, 0.3) is 0 Å². The smallest absolute Gasteiger partial charge is 0.200 e. The van der Waals surface area contributed by atoms with Crippen molar-refractivity contribution in [1.29, 1.82) is 0 Å². The third-order valence-electron chi connectivity index (χ3n) is 5.28. The predicted molar refractivity (Wildman–Crippen MR) is 120 cm³/mol. The average molecular weight is 388 g/mol. The maximum absolute atomic E-state index is 5.61. The maximum Gasteiger partial charge on any atom is 0.200 e. The molecule has 0 aliphatic carbocycles. The lowest BCUT2D eigenvalue weighted by Gasteiger charge is -2.13. The fraction of sp³-hybridized carbons (Fsp3) is 0.250. The number of fused-ring (bicyclic) bond motifs is 1. The molecule has 1 heterocycles. The van der Waals surface area contributed by atoms with Crippen molar-refractivity contribution in [3.05, 3.63) is 76.1 Å². The minimum atomic E-state index is 0.609. The van der Waals surface area contributed by atoms with Crippen molar-refractivity contribution in [2.24, 2.45) is 0 Å². The molecule has 0 aliphatic rings. The first-order valence-corrected chi connectivity index (χ1v) is 10.3. The van der Waals surface area contributed by atoms with Gasteiger partial charge < -0.3 is 0 Å². The molecule has 1 aromatic heterocycles. The van der Waals surface area contributed by atoms with Crippen molar-refractivity contribution in [3.63, 3.8) is 0 Å². The Hall–Kier alpha value is -2.72. The average Bonchev–Trinajstić information content (AvgIpc) is 3.06. The van der Waals surface area contributed by atoms with E-state index < -0.39 is 0 Å². The minimum Gasteiger partial charge on any atom is -0.268 e. The van der Waals surface area contributed by atoms with E-state index in [0.29, 0.717) is 4.77 Å². The molecule has 142 valence electrons. The lowest BCUT2D eigenvalue weighted by molar-refractivity contribution is 0.796. The fourth-order valence-corrected chi connectivity index (χ4v) is 4.04. The van der Waals surface area contributed by atoms with Gasteiger partial charge in [0.2, 0.25) is 0 Å². The van der Waals surface area contributed by atoms with Gasteiger partial charge in [-0.2, -0.15) is 5.10 Å². The summed E-state index contributed by atoms with van der Waals surface area (Å²) in [6, 6.07) is 19.6. The van der Waals surface area contributed by atoms with Crippen molar-refractivity contribution in [2.75, 3.05) is 0 Å². The quantitative estimate of drug-likeness (QED) is 0.386. The van der Waals surface area contributed by atoms with Crippen LogP contribution in [0.3, 0.4) is 0 Å². The van der Waals surface area contributed by atoms with Gasteiger partial charge in [-0.15, -0.1) is 0 Å². The van der Waals surface area contributed by atoms with Gasteiger partial charge in [-0.3, -0.25) is 9.67 Å². The van der Waals surface area contributed by atoms with Gasteiger partial charge in [-0.05, 0) is 61.5 Å². The van der Waals surface area contributed by atoms with Crippen LogP contribution in [0.5, 0.6) is 0 Å². The van der Waals surface area contributed by atoms with Gasteiger partial charge in [0.05, 0.1) is 5.69 Å². The van der Waals surface area contributed by atoms with Crippen LogP contribution >= 0.6 is 12.2 Å². The van der Waals surface area contributed by atoms with Crippen LogP contribution in [0.4, 0.5) is 0 Å². The topological polar surface area (TPSA) is 33.6 Å². The summed E-state index contributed by atoms with van der Waals surface area (Å²) in [6.07, 6.45) is 3.55. The van der Waals surface area contributed by atoms with E-state index in [-0.39, 0.29) is 0 Å². The van der Waals surface area contributed by atoms with Crippen LogP contribution in [0, 0.1) is 18.6 Å². The zero-order valence-corrected chi connectivity index (χ0v) is 17.4. The molecule has 28 heavy (non-hydrogen) atoms. The van der Waals surface area contributed by atoms with Gasteiger partial charge in [-0.25, -0.2) is 0 Å². The standard InChI is InChI=1S/C24H25N3S/c1-4-5-7-18-11-13-21-19(15-18)8-6-9-22(21)27-23(25-26-24(27)28)20-12-10-16(2)14-17(20)3/h6,8-15H,4-5,7H2,1-3H3,(H,26,28). The number of rotatable bonds is 5. The van der Waals surface area contributed by atoms with Crippen molar-refractivity contribution >= 4 is 23.0 Å². The van der Waals surface area contributed by atoms with Crippen LogP contribution in [-0.2, 0) is 6.42 Å². The van der Waals surface area contributed by atoms with Crippen LogP contribution in [0.1, 0.15) is 36.5 Å². The first kappa shape index (κ1) is 18.6. The highest BCUT2D eigenvalue weighted by atomic mass is 32.1. The van der Waals surface area contributed by atoms with E-state index in [2.05, 4.69) is 90.1 Å². The number of nitrogens with one attached hydrogen (secondary N) is 1. The largest absolute Gasteiger partial charge is 0.268 e. The molecule has 3 aromatic carbocycles. The molecule has 1 N–H and O–H groups in total. The lowest BCUT2D eigenvalue weighted by Crippen LogP contribution is -2.00. The Morgan fingerprint density at radius 2 is 1.89 bits per heavy atom. The molecule has 0 unspecified atom stereocenters. The Labute approximate surface area is 171 Å². The Morgan fingerprint density at radius 3 is 2.68 bits per heavy atom. The van der Waals surface area contributed by atoms with Gasteiger partial charge >= 0.3 is 0 Å². The molecule has 4 rings (SSSR count). The first-order chi connectivity index (χ1) is 13.6. The van der Waals surface area contributed by atoms with Crippen molar-refractivity contribution in [2.45, 2.75) is 40.0 Å². The second-order valence-corrected chi connectivity index (χ2v) is 7.83. The van der Waals surface area contributed by atoms with Crippen LogP contribution < -0.4 is 0 Å². The zero-order valence-electron chi connectivity index (χ0n) is 16.6. The van der Waals surface area contributed by atoms with Crippen LogP contribution in [-0.4, -0.2) is 14.8 Å². The Kier molecular flexibility index (Phi) is 5.14. The molecule has 0 radical (unpaired) electrons. The van der Waals surface area contributed by atoms with Crippen LogP contribution in [0.15, 0.2) is 54.6 Å². The Bertz CT molecular complexity index is 1200. The zero-order chi connectivity index (χ0) is 19.7. The summed E-state index contributed by atoms with van der Waals surface area (Å²) in [5.41, 5.74) is 5.98. The summed E-state index contributed by atoms with van der Waals surface area (Å²) in [5.74, 6) is 0.852. The number of benzene rings is 3. The van der Waals surface area contributed by atoms with Crippen LogP contribution in [0.25, 0.3) is 27.8 Å². The highest BCUT2D eigenvalue weighted by Crippen LogP contribution is 2.30. The normalized spacial score (nSPS) is 11.2. The highest BCUT2D eigenvalue weighted by Gasteiger charge is 2.15. The maximum atomic E-state index is 5.61. The summed E-state index contributed by atoms with van der Waals surface area (Å²) < 4.78 is 2.67. The number of unbranched alkanes of at least 4 members (excludes halogenated alkanes) is 1. The first-order valence-electron chi connectivity index (χ1n) is 9.85. The van der Waals surface area contributed by atoms with E-state index >= 15 is 0 Å². The summed E-state index contributed by atoms with van der Waals surface area (Å²) in [7, 11) is 0. The summed E-state index contributed by atoms with van der Waals surface area (Å²) in [4.78, 5) is 0. The van der Waals surface area contributed by atoms with E-state index in [9.17, 15) is 0 Å². The molecule has 4 heteroatoms. The van der Waals surface area contributed by atoms with E-state index in [4.69, 9.17) is 12.2 Å². The molecule has 0 fully saturated rings. The number of aromatic amines is 1. The van der Waals surface area contributed by atoms with E-state index in [1.165, 1.54) is 40.3 Å². The molecule has 0 spiro atoms. The van der Waals surface area contributed by atoms with Crippen molar-refractivity contribution in [1.82, 2.24) is 14.8 Å². The molecule has 0 saturated heterocycles. The minimum absolute atomic E-state index is 0.609. The van der Waals surface area contributed by atoms with E-state index in [0.717, 1.165) is 23.5 Å². The van der Waals surface area contributed by atoms with Gasteiger partial charge in [0.15, 0.2) is 10.6 Å². The predicted octanol–water partition coefficient (Wildman–Crippen LogP) is 6.71. The number of aryl methyl sites for hydroxylation is 3. The van der Waals surface area contributed by atoms with E-state index in [1.807, 2.05) is 0 Å². The number of H-pyrrole nitrogens is 1. The monoisotopic (exact) mass is 387 g/mol. The van der Waals surface area contributed by atoms with Crippen molar-refractivity contribution in [3.8, 4) is 17.1 Å². The Balaban J connectivity index is 1.89. The molecule has 3 nitrogen and oxygen atoms in total. The Morgan fingerprint density at radius 1 is 1.04 bits per heavy atom. The number of nitrogens with zero attached hydrogens (tertiary/aromatic N) is 2. The molecule has 4 aromatic rings. The summed E-state index contributed by atoms with van der Waals surface area (Å²) in [6.45, 7) is 6.45. The molecule has 0 aliphatic heterocycles. The second kappa shape index (κ2) is 7.72. The molecular weight excluding hydrogens is 362 g/mol. The fourth-order valence-electron chi connectivity index (χ4n) is 3.81. The lowest BCUT2D eigenvalue weighted by atomic mass is 10.0. The van der Waals surface area contributed by atoms with Gasteiger partial charge in [0.1, 0.15) is 0 Å². The number of aromatic nitrogens is 3. The summed E-state index contributed by atoms with van der Waals surface area (Å²) in [5, 5.41) is 9.98. The SMILES string of the molecule is CCCCc1ccc2c(-n3c(-c4ccc(C)cc4C)n[nH]c3=S)cccc2c1. The molecule has 0 saturated carbocycles. The van der Waals surface area contributed by atoms with Gasteiger partial charge in [-0.1, -0.05) is 67.4 Å². The summed E-state index contributed by atoms with van der Waals surface area (Å²) >= 11 is 5.61. The highest BCUT2D eigenvalue weighted by molar-refractivity contribution is 7.71. The molecule has 0 bridgehead atoms. The third-order valence-corrected chi connectivity index (χ3v) is 5.55. The number of hydrogen-bond donors (Lipinski definition) is 1. The molecule has 0 amide bonds. The van der Waals surface area contributed by atoms with Crippen LogP contribution in [0.2, 0.25) is 0 Å². The van der Waals surface area contributed by atoms with Crippen molar-refractivity contribution < 1.29 is 0 Å². The molecule has 0 atom stereocenters. The van der Waals surface area contributed by atoms with Gasteiger partial charge in [0, 0.05) is 10.9 Å².